The van der Waals surface area contributed by atoms with Crippen LogP contribution in [0, 0.1) is 11.7 Å². The van der Waals surface area contributed by atoms with E-state index in [2.05, 4.69) is 10.1 Å². The number of rotatable bonds is 5. The molecule has 0 aliphatic heterocycles. The lowest BCUT2D eigenvalue weighted by Crippen LogP contribution is -2.41. The van der Waals surface area contributed by atoms with E-state index in [1.54, 1.807) is 6.07 Å². The summed E-state index contributed by atoms with van der Waals surface area (Å²) in [5, 5.41) is 5.86. The zero-order chi connectivity index (χ0) is 18.0. The Kier molecular flexibility index (Phi) is 4.56. The molecule has 6 nitrogen and oxygen atoms in total. The number of aromatic nitrogens is 3. The van der Waals surface area contributed by atoms with E-state index >= 15 is 0 Å². The first-order valence-electron chi connectivity index (χ1n) is 7.69. The van der Waals surface area contributed by atoms with Crippen molar-refractivity contribution in [1.82, 2.24) is 14.8 Å². The van der Waals surface area contributed by atoms with Gasteiger partial charge >= 0.3 is 5.92 Å². The average Bonchev–Trinajstić information content (AvgIpc) is 3.17. The monoisotopic (exact) mass is 352 g/mol. The minimum Gasteiger partial charge on any atom is -0.300 e. The summed E-state index contributed by atoms with van der Waals surface area (Å²) in [6.07, 6.45) is 0.994. The number of nitrogens with zero attached hydrogens (tertiary/aromatic N) is 3. The normalized spacial score (nSPS) is 17.7. The number of Topliss-reactive ketones (excluding diaryl/α,β-unsaturated/α-hetero) is 1. The molecule has 3 rings (SSSR count). The lowest BCUT2D eigenvalue weighted by Gasteiger charge is -2.20. The highest BCUT2D eigenvalue weighted by Gasteiger charge is 2.50. The molecule has 1 saturated carbocycles. The van der Waals surface area contributed by atoms with Crippen LogP contribution in [0.25, 0.3) is 0 Å². The molecule has 0 spiro atoms. The number of amides is 1. The number of carbonyl (C=O) groups is 2. The predicted molar refractivity (Wildman–Crippen MR) is 81.4 cm³/mol. The fraction of sp³-hybridized carbons (Fsp3) is 0.375. The zero-order valence-electron chi connectivity index (χ0n) is 13.1. The second-order valence-corrected chi connectivity index (χ2v) is 5.95. The molecule has 1 atom stereocenters. The molecule has 0 bridgehead atoms. The van der Waals surface area contributed by atoms with Gasteiger partial charge in [0.25, 0.3) is 5.91 Å². The Balaban J connectivity index is 1.64. The van der Waals surface area contributed by atoms with Gasteiger partial charge in [-0.1, -0.05) is 12.1 Å². The molecule has 1 amide bonds. The fourth-order valence-corrected chi connectivity index (χ4v) is 2.74. The maximum atomic E-state index is 14.1. The number of halogens is 3. The van der Waals surface area contributed by atoms with Gasteiger partial charge in [0.2, 0.25) is 5.95 Å². The Morgan fingerprint density at radius 3 is 2.88 bits per heavy atom. The van der Waals surface area contributed by atoms with Gasteiger partial charge in [-0.05, 0) is 24.1 Å². The summed E-state index contributed by atoms with van der Waals surface area (Å²) in [7, 11) is 0. The largest absolute Gasteiger partial charge is 0.328 e. The standard InChI is InChI=1S/C16H15F3N4O2/c17-12-3-1-2-10(6-12)8-23-9-20-15(22-23)21-14(25)16(18,19)11-4-5-13(24)7-11/h1-3,6,9,11H,4-5,7-8H2,(H,21,22,25). The Morgan fingerprint density at radius 1 is 1.40 bits per heavy atom. The maximum absolute atomic E-state index is 14.1. The summed E-state index contributed by atoms with van der Waals surface area (Å²) in [6.45, 7) is 0.175. The Hall–Kier alpha value is -2.71. The van der Waals surface area contributed by atoms with Crippen molar-refractivity contribution >= 4 is 17.6 Å². The number of benzene rings is 1. The predicted octanol–water partition coefficient (Wildman–Crippen LogP) is 2.41. The van der Waals surface area contributed by atoms with Crippen molar-refractivity contribution in [2.24, 2.45) is 5.92 Å². The van der Waals surface area contributed by atoms with Gasteiger partial charge in [-0.2, -0.15) is 8.78 Å². The van der Waals surface area contributed by atoms with Crippen molar-refractivity contribution in [1.29, 1.82) is 0 Å². The lowest BCUT2D eigenvalue weighted by molar-refractivity contribution is -0.147. The van der Waals surface area contributed by atoms with Crippen LogP contribution in [0.15, 0.2) is 30.6 Å². The second kappa shape index (κ2) is 6.66. The van der Waals surface area contributed by atoms with Gasteiger partial charge in [-0.25, -0.2) is 14.1 Å². The minimum absolute atomic E-state index is 0.0132. The van der Waals surface area contributed by atoms with E-state index in [-0.39, 0.29) is 37.5 Å². The number of anilines is 1. The molecular formula is C16H15F3N4O2. The molecule has 1 N–H and O–H groups in total. The Bertz CT molecular complexity index is 806. The molecule has 2 aromatic rings. The lowest BCUT2D eigenvalue weighted by atomic mass is 9.99. The number of alkyl halides is 2. The molecule has 0 saturated heterocycles. The SMILES string of the molecule is O=C1CCC(C(F)(F)C(=O)Nc2ncn(Cc3cccc(F)c3)n2)C1. The van der Waals surface area contributed by atoms with Crippen molar-refractivity contribution in [2.75, 3.05) is 5.32 Å². The van der Waals surface area contributed by atoms with Crippen LogP contribution in [0.3, 0.4) is 0 Å². The van der Waals surface area contributed by atoms with Gasteiger partial charge in [0.1, 0.15) is 17.9 Å². The molecule has 1 unspecified atom stereocenters. The first-order chi connectivity index (χ1) is 11.8. The van der Waals surface area contributed by atoms with Gasteiger partial charge in [0, 0.05) is 18.8 Å². The second-order valence-electron chi connectivity index (χ2n) is 5.95. The zero-order valence-corrected chi connectivity index (χ0v) is 13.1. The van der Waals surface area contributed by atoms with Crippen molar-refractivity contribution in [2.45, 2.75) is 31.7 Å². The summed E-state index contributed by atoms with van der Waals surface area (Å²) >= 11 is 0. The maximum Gasteiger partial charge on any atom is 0.328 e. The molecule has 132 valence electrons. The van der Waals surface area contributed by atoms with E-state index in [1.807, 2.05) is 5.32 Å². The Morgan fingerprint density at radius 2 is 2.20 bits per heavy atom. The number of hydrogen-bond acceptors (Lipinski definition) is 4. The van der Waals surface area contributed by atoms with Crippen LogP contribution in [0.4, 0.5) is 19.1 Å². The van der Waals surface area contributed by atoms with Crippen molar-refractivity contribution < 1.29 is 22.8 Å². The van der Waals surface area contributed by atoms with Gasteiger partial charge in [0.15, 0.2) is 0 Å². The topological polar surface area (TPSA) is 76.9 Å². The van der Waals surface area contributed by atoms with Gasteiger partial charge in [0.05, 0.1) is 6.54 Å². The van der Waals surface area contributed by atoms with E-state index in [4.69, 9.17) is 0 Å². The van der Waals surface area contributed by atoms with Crippen LogP contribution < -0.4 is 5.32 Å². The highest BCUT2D eigenvalue weighted by atomic mass is 19.3. The molecule has 1 aromatic heterocycles. The molecular weight excluding hydrogens is 337 g/mol. The highest BCUT2D eigenvalue weighted by Crippen LogP contribution is 2.36. The van der Waals surface area contributed by atoms with Crippen LogP contribution in [0.5, 0.6) is 0 Å². The third-order valence-corrected chi connectivity index (χ3v) is 4.06. The van der Waals surface area contributed by atoms with Crippen molar-refractivity contribution in [3.63, 3.8) is 0 Å². The molecule has 25 heavy (non-hydrogen) atoms. The quantitative estimate of drug-likeness (QED) is 0.897. The van der Waals surface area contributed by atoms with Crippen LogP contribution in [-0.4, -0.2) is 32.4 Å². The summed E-state index contributed by atoms with van der Waals surface area (Å²) in [5.41, 5.74) is 0.609. The van der Waals surface area contributed by atoms with Gasteiger partial charge in [-0.3, -0.25) is 14.9 Å². The molecule has 1 aliphatic rings. The highest BCUT2D eigenvalue weighted by molar-refractivity contribution is 5.95. The summed E-state index contributed by atoms with van der Waals surface area (Å²) in [6, 6.07) is 5.82. The first kappa shape index (κ1) is 17.1. The Labute approximate surface area is 141 Å². The summed E-state index contributed by atoms with van der Waals surface area (Å²) in [4.78, 5) is 26.7. The van der Waals surface area contributed by atoms with Crippen LogP contribution in [-0.2, 0) is 16.1 Å². The van der Waals surface area contributed by atoms with Crippen LogP contribution in [0.2, 0.25) is 0 Å². The fourth-order valence-electron chi connectivity index (χ4n) is 2.74. The summed E-state index contributed by atoms with van der Waals surface area (Å²) < 4.78 is 42.7. The number of nitrogens with one attached hydrogen (secondary N) is 1. The number of hydrogen-bond donors (Lipinski definition) is 1. The molecule has 1 aromatic carbocycles. The van der Waals surface area contributed by atoms with Crippen LogP contribution in [0.1, 0.15) is 24.8 Å². The van der Waals surface area contributed by atoms with Gasteiger partial charge < -0.3 is 0 Å². The van der Waals surface area contributed by atoms with Gasteiger partial charge in [-0.15, -0.1) is 5.10 Å². The molecule has 9 heteroatoms. The number of ketones is 1. The third kappa shape index (κ3) is 3.86. The first-order valence-corrected chi connectivity index (χ1v) is 7.69. The smallest absolute Gasteiger partial charge is 0.300 e. The molecule has 0 radical (unpaired) electrons. The van der Waals surface area contributed by atoms with Crippen molar-refractivity contribution in [3.05, 3.63) is 42.0 Å². The molecule has 1 fully saturated rings. The minimum atomic E-state index is -3.67. The molecule has 1 heterocycles. The van der Waals surface area contributed by atoms with Crippen molar-refractivity contribution in [3.8, 4) is 0 Å². The average molecular weight is 352 g/mol. The third-order valence-electron chi connectivity index (χ3n) is 4.06. The van der Waals surface area contributed by atoms with E-state index in [0.29, 0.717) is 5.56 Å². The number of carbonyl (C=O) groups excluding carboxylic acids is 2. The van der Waals surface area contributed by atoms with Crippen LogP contribution >= 0.6 is 0 Å². The van der Waals surface area contributed by atoms with E-state index < -0.39 is 23.6 Å². The molecule has 1 aliphatic carbocycles. The van der Waals surface area contributed by atoms with E-state index in [1.165, 1.54) is 29.2 Å². The van der Waals surface area contributed by atoms with E-state index in [0.717, 1.165) is 0 Å². The summed E-state index contributed by atoms with van der Waals surface area (Å²) in [5.74, 6) is -7.44. The van der Waals surface area contributed by atoms with E-state index in [9.17, 15) is 22.8 Å².